The highest BCUT2D eigenvalue weighted by Crippen LogP contribution is 2.40. The number of carbonyl (C=O) groups excluding carboxylic acids is 2. The average Bonchev–Trinajstić information content (AvgIpc) is 3.70. The highest BCUT2D eigenvalue weighted by Gasteiger charge is 2.23. The number of hydrogen-bond acceptors (Lipinski definition) is 6. The van der Waals surface area contributed by atoms with Gasteiger partial charge in [-0.25, -0.2) is 0 Å². The van der Waals surface area contributed by atoms with Gasteiger partial charge in [-0.05, 0) is 72.9 Å². The van der Waals surface area contributed by atoms with Crippen LogP contribution < -0.4 is 21.3 Å². The Kier molecular flexibility index (Phi) is 7.32. The van der Waals surface area contributed by atoms with Crippen molar-refractivity contribution in [2.24, 2.45) is 0 Å². The Morgan fingerprint density at radius 2 is 1.79 bits per heavy atom. The molecule has 7 nitrogen and oxygen atoms in total. The van der Waals surface area contributed by atoms with E-state index in [0.29, 0.717) is 36.5 Å². The molecule has 0 radical (unpaired) electrons. The molecule has 1 aliphatic carbocycles. The van der Waals surface area contributed by atoms with Crippen molar-refractivity contribution in [2.45, 2.75) is 24.9 Å². The first-order valence-corrected chi connectivity index (χ1v) is 11.4. The van der Waals surface area contributed by atoms with Crippen LogP contribution in [0.4, 0.5) is 22.7 Å². The van der Waals surface area contributed by atoms with Crippen molar-refractivity contribution < 1.29 is 14.3 Å². The molecule has 3 aromatic rings. The maximum absolute atomic E-state index is 12.5. The van der Waals surface area contributed by atoms with Crippen LogP contribution in [0.1, 0.15) is 34.7 Å². The number of likely N-dealkylation sites (N-methyl/N-ethyl adjacent to an activating group) is 1. The molecule has 0 spiro atoms. The third kappa shape index (κ3) is 6.07. The van der Waals surface area contributed by atoms with Gasteiger partial charge in [-0.1, -0.05) is 24.3 Å². The summed E-state index contributed by atoms with van der Waals surface area (Å²) in [6.07, 6.45) is 2.22. The molecule has 0 bridgehead atoms. The minimum Gasteiger partial charge on any atom is -0.461 e. The largest absolute Gasteiger partial charge is 0.461 e. The molecule has 0 saturated heterocycles. The summed E-state index contributed by atoms with van der Waals surface area (Å²) in [5.74, 6) is 0.494. The van der Waals surface area contributed by atoms with Crippen molar-refractivity contribution in [2.75, 3.05) is 41.4 Å². The van der Waals surface area contributed by atoms with Crippen molar-refractivity contribution in [1.82, 2.24) is 0 Å². The summed E-state index contributed by atoms with van der Waals surface area (Å²) in [7, 11) is 1.92. The van der Waals surface area contributed by atoms with Crippen LogP contribution in [0, 0.1) is 0 Å². The van der Waals surface area contributed by atoms with Crippen LogP contribution in [-0.4, -0.2) is 38.6 Å². The van der Waals surface area contributed by atoms with E-state index >= 15 is 0 Å². The Morgan fingerprint density at radius 3 is 2.44 bits per heavy atom. The zero-order valence-electron chi connectivity index (χ0n) is 19.2. The van der Waals surface area contributed by atoms with E-state index in [4.69, 9.17) is 10.5 Å². The van der Waals surface area contributed by atoms with Crippen molar-refractivity contribution in [3.05, 3.63) is 83.9 Å². The lowest BCUT2D eigenvalue weighted by Crippen LogP contribution is -2.35. The van der Waals surface area contributed by atoms with Gasteiger partial charge < -0.3 is 26.0 Å². The Labute approximate surface area is 199 Å². The third-order valence-corrected chi connectivity index (χ3v) is 6.00. The van der Waals surface area contributed by atoms with Gasteiger partial charge in [0.1, 0.15) is 6.10 Å². The van der Waals surface area contributed by atoms with E-state index in [1.54, 1.807) is 24.3 Å². The van der Waals surface area contributed by atoms with E-state index < -0.39 is 0 Å². The van der Waals surface area contributed by atoms with E-state index in [0.717, 1.165) is 17.3 Å². The number of nitrogens with zero attached hydrogens (tertiary/aromatic N) is 1. The first-order valence-electron chi connectivity index (χ1n) is 11.4. The molecule has 0 aliphatic heterocycles. The van der Waals surface area contributed by atoms with Crippen molar-refractivity contribution in [3.8, 4) is 0 Å². The predicted octanol–water partition coefficient (Wildman–Crippen LogP) is 4.49. The summed E-state index contributed by atoms with van der Waals surface area (Å²) in [6.45, 7) is 1.47. The fraction of sp³-hybridized carbons (Fsp3) is 0.259. The number of para-hydroxylation sites is 2. The van der Waals surface area contributed by atoms with Crippen LogP contribution in [0.2, 0.25) is 0 Å². The molecule has 1 amide bonds. The summed E-state index contributed by atoms with van der Waals surface area (Å²) in [5.41, 5.74) is 10.8. The Balaban J connectivity index is 1.32. The minimum atomic E-state index is -0.338. The van der Waals surface area contributed by atoms with Crippen LogP contribution in [0.5, 0.6) is 0 Å². The molecule has 3 aromatic carbocycles. The number of rotatable bonds is 11. The molecule has 4 rings (SSSR count). The fourth-order valence-corrected chi connectivity index (χ4v) is 3.84. The molecule has 1 fully saturated rings. The van der Waals surface area contributed by atoms with E-state index in [2.05, 4.69) is 34.9 Å². The van der Waals surface area contributed by atoms with Crippen LogP contribution in [0.15, 0.2) is 72.8 Å². The lowest BCUT2D eigenvalue weighted by molar-refractivity contribution is -0.132. The van der Waals surface area contributed by atoms with E-state index in [-0.39, 0.29) is 12.0 Å². The van der Waals surface area contributed by atoms with Crippen molar-refractivity contribution >= 4 is 35.1 Å². The number of benzene rings is 3. The quantitative estimate of drug-likeness (QED) is 0.289. The summed E-state index contributed by atoms with van der Waals surface area (Å²) < 4.78 is 5.31. The molecule has 1 unspecified atom stereocenters. The summed E-state index contributed by atoms with van der Waals surface area (Å²) in [4.78, 5) is 25.6. The normalized spacial score (nSPS) is 13.6. The molecular weight excluding hydrogens is 428 g/mol. The SMILES string of the molecule is CN(CC(CNc1ccc(C2CC2)cc1)OC=O)c1ccc(C(=O)Nc2ccccc2N)cc1. The smallest absolute Gasteiger partial charge is 0.293 e. The number of carbonyl (C=O) groups is 2. The van der Waals surface area contributed by atoms with Gasteiger partial charge in [0.2, 0.25) is 0 Å². The first kappa shape index (κ1) is 23.2. The standard InChI is InChI=1S/C27H30N4O3/c1-31(17-24(34-18-32)16-29-22-12-8-20(9-13-22)19-6-7-19)23-14-10-21(11-15-23)27(33)30-26-5-3-2-4-25(26)28/h2-5,8-15,18-19,24,29H,6-7,16-17,28H2,1H3,(H,30,33). The molecular formula is C27H30N4O3. The van der Waals surface area contributed by atoms with E-state index in [1.807, 2.05) is 36.2 Å². The second-order valence-corrected chi connectivity index (χ2v) is 8.60. The van der Waals surface area contributed by atoms with Gasteiger partial charge in [0, 0.05) is 24.0 Å². The fourth-order valence-electron chi connectivity index (χ4n) is 3.84. The third-order valence-electron chi connectivity index (χ3n) is 6.00. The predicted molar refractivity (Wildman–Crippen MR) is 136 cm³/mol. The van der Waals surface area contributed by atoms with Crippen molar-refractivity contribution in [1.29, 1.82) is 0 Å². The summed E-state index contributed by atoms with van der Waals surface area (Å²) in [6, 6.07) is 22.8. The van der Waals surface area contributed by atoms with Crippen LogP contribution >= 0.6 is 0 Å². The molecule has 0 aromatic heterocycles. The van der Waals surface area contributed by atoms with Crippen LogP contribution in [0.3, 0.4) is 0 Å². The monoisotopic (exact) mass is 458 g/mol. The van der Waals surface area contributed by atoms with Gasteiger partial charge in [0.15, 0.2) is 0 Å². The number of anilines is 4. The Bertz CT molecular complexity index is 1110. The lowest BCUT2D eigenvalue weighted by Gasteiger charge is -2.25. The average molecular weight is 459 g/mol. The van der Waals surface area contributed by atoms with Crippen molar-refractivity contribution in [3.63, 3.8) is 0 Å². The van der Waals surface area contributed by atoms with Gasteiger partial charge in [-0.3, -0.25) is 9.59 Å². The zero-order valence-corrected chi connectivity index (χ0v) is 19.2. The van der Waals surface area contributed by atoms with Crippen LogP contribution in [0.25, 0.3) is 0 Å². The number of nitrogen functional groups attached to an aromatic ring is 1. The second-order valence-electron chi connectivity index (χ2n) is 8.60. The lowest BCUT2D eigenvalue weighted by atomic mass is 10.1. The van der Waals surface area contributed by atoms with Gasteiger partial charge in [0.25, 0.3) is 12.4 Å². The van der Waals surface area contributed by atoms with Gasteiger partial charge >= 0.3 is 0 Å². The highest BCUT2D eigenvalue weighted by molar-refractivity contribution is 6.05. The molecule has 1 saturated carbocycles. The summed E-state index contributed by atoms with van der Waals surface area (Å²) >= 11 is 0. The molecule has 176 valence electrons. The Morgan fingerprint density at radius 1 is 1.09 bits per heavy atom. The van der Waals surface area contributed by atoms with Gasteiger partial charge in [0.05, 0.1) is 24.5 Å². The maximum Gasteiger partial charge on any atom is 0.293 e. The van der Waals surface area contributed by atoms with Gasteiger partial charge in [-0.2, -0.15) is 0 Å². The van der Waals surface area contributed by atoms with E-state index in [1.165, 1.54) is 18.4 Å². The highest BCUT2D eigenvalue weighted by atomic mass is 16.5. The second kappa shape index (κ2) is 10.7. The first-order chi connectivity index (χ1) is 16.5. The van der Waals surface area contributed by atoms with E-state index in [9.17, 15) is 9.59 Å². The number of nitrogens with one attached hydrogen (secondary N) is 2. The molecule has 4 N–H and O–H groups in total. The molecule has 1 aliphatic rings. The number of amides is 1. The number of hydrogen-bond donors (Lipinski definition) is 3. The molecule has 0 heterocycles. The molecule has 1 atom stereocenters. The topological polar surface area (TPSA) is 96.7 Å². The molecule has 34 heavy (non-hydrogen) atoms. The minimum absolute atomic E-state index is 0.230. The number of ether oxygens (including phenoxy) is 1. The summed E-state index contributed by atoms with van der Waals surface area (Å²) in [5, 5.41) is 6.18. The maximum atomic E-state index is 12.5. The van der Waals surface area contributed by atoms with Gasteiger partial charge in [-0.15, -0.1) is 0 Å². The Hall–Kier alpha value is -4.00. The van der Waals surface area contributed by atoms with Crippen LogP contribution in [-0.2, 0) is 9.53 Å². The zero-order chi connectivity index (χ0) is 23.9. The number of nitrogens with two attached hydrogens (primary N) is 1. The molecule has 7 heteroatoms.